The minimum Gasteiger partial charge on any atom is -0.384 e. The molecule has 0 aromatic carbocycles. The van der Waals surface area contributed by atoms with E-state index < -0.39 is 0 Å². The van der Waals surface area contributed by atoms with Crippen LogP contribution in [0.2, 0.25) is 0 Å². The average molecular weight is 192 g/mol. The van der Waals surface area contributed by atoms with Crippen molar-refractivity contribution in [2.45, 2.75) is 27.2 Å². The molecule has 13 heavy (non-hydrogen) atoms. The fraction of sp³-hybridized carbons (Fsp3) is 1.00. The van der Waals surface area contributed by atoms with E-state index in [9.17, 15) is 0 Å². The van der Waals surface area contributed by atoms with Crippen molar-refractivity contribution < 1.29 is 19.6 Å². The highest BCUT2D eigenvalue weighted by Gasteiger charge is 2.18. The number of rotatable bonds is 8. The fourth-order valence-corrected chi connectivity index (χ4v) is 0.767. The van der Waals surface area contributed by atoms with Crippen LogP contribution < -0.4 is 0 Å². The summed E-state index contributed by atoms with van der Waals surface area (Å²) in [5.74, 6) is 0. The summed E-state index contributed by atoms with van der Waals surface area (Å²) in [6, 6.07) is 0. The van der Waals surface area contributed by atoms with Crippen LogP contribution in [0.1, 0.15) is 27.2 Å². The van der Waals surface area contributed by atoms with E-state index in [2.05, 4.69) is 5.04 Å². The van der Waals surface area contributed by atoms with Gasteiger partial charge >= 0.3 is 0 Å². The molecule has 0 amide bonds. The Morgan fingerprint density at radius 2 is 1.77 bits per heavy atom. The minimum absolute atomic E-state index is 0.0513. The first-order valence-electron chi connectivity index (χ1n) is 4.52. The van der Waals surface area contributed by atoms with Gasteiger partial charge in [-0.2, -0.15) is 0 Å². The highest BCUT2D eigenvalue weighted by Crippen LogP contribution is 2.15. The molecule has 0 aliphatic heterocycles. The maximum atomic E-state index is 5.01. The molecule has 0 saturated heterocycles. The lowest BCUT2D eigenvalue weighted by Gasteiger charge is -2.21. The van der Waals surface area contributed by atoms with E-state index >= 15 is 0 Å². The van der Waals surface area contributed by atoms with Gasteiger partial charge < -0.3 is 4.74 Å². The van der Waals surface area contributed by atoms with E-state index in [-0.39, 0.29) is 5.41 Å². The van der Waals surface area contributed by atoms with Gasteiger partial charge in [0.15, 0.2) is 0 Å². The number of methoxy groups -OCH3 is 1. The van der Waals surface area contributed by atoms with Crippen LogP contribution in [0.5, 0.6) is 0 Å². The molecular weight excluding hydrogens is 172 g/mol. The third-order valence-electron chi connectivity index (χ3n) is 1.37. The Labute approximate surface area is 80.0 Å². The summed E-state index contributed by atoms with van der Waals surface area (Å²) in [5.41, 5.74) is -0.0513. The van der Waals surface area contributed by atoms with E-state index in [0.717, 1.165) is 6.42 Å². The highest BCUT2D eigenvalue weighted by atomic mass is 17.5. The first-order valence-corrected chi connectivity index (χ1v) is 4.52. The molecule has 0 fully saturated rings. The maximum absolute atomic E-state index is 5.01. The maximum Gasteiger partial charge on any atom is 0.0926 e. The van der Waals surface area contributed by atoms with E-state index in [1.165, 1.54) is 0 Å². The van der Waals surface area contributed by atoms with Crippen molar-refractivity contribution in [3.8, 4) is 0 Å². The van der Waals surface area contributed by atoms with Gasteiger partial charge in [0.1, 0.15) is 0 Å². The van der Waals surface area contributed by atoms with Crippen LogP contribution in [0.4, 0.5) is 0 Å². The van der Waals surface area contributed by atoms with Crippen molar-refractivity contribution >= 4 is 0 Å². The fourth-order valence-electron chi connectivity index (χ4n) is 0.767. The molecule has 0 rings (SSSR count). The highest BCUT2D eigenvalue weighted by molar-refractivity contribution is 4.65. The molecular formula is C9H20O4. The molecule has 0 aliphatic rings. The Bertz CT molecular complexity index is 114. The second-order valence-corrected chi connectivity index (χ2v) is 3.75. The number of ether oxygens (including phenoxy) is 1. The van der Waals surface area contributed by atoms with E-state index in [4.69, 9.17) is 14.5 Å². The predicted octanol–water partition coefficient (Wildman–Crippen LogP) is 1.95. The van der Waals surface area contributed by atoms with E-state index in [1.807, 2.05) is 20.8 Å². The van der Waals surface area contributed by atoms with E-state index in [1.54, 1.807) is 7.11 Å². The molecule has 0 atom stereocenters. The molecule has 0 aliphatic carbocycles. The zero-order valence-corrected chi connectivity index (χ0v) is 8.96. The van der Waals surface area contributed by atoms with Crippen LogP contribution in [0.15, 0.2) is 0 Å². The molecule has 0 spiro atoms. The largest absolute Gasteiger partial charge is 0.384 e. The normalized spacial score (nSPS) is 12.0. The molecule has 4 heteroatoms. The summed E-state index contributed by atoms with van der Waals surface area (Å²) in [7, 11) is 1.66. The summed E-state index contributed by atoms with van der Waals surface area (Å²) >= 11 is 0. The van der Waals surface area contributed by atoms with Crippen LogP contribution in [0, 0.1) is 5.41 Å². The monoisotopic (exact) mass is 192 g/mol. The lowest BCUT2D eigenvalue weighted by atomic mass is 9.97. The predicted molar refractivity (Wildman–Crippen MR) is 48.9 cm³/mol. The second-order valence-electron chi connectivity index (χ2n) is 3.75. The number of hydrogen-bond donors (Lipinski definition) is 0. The topological polar surface area (TPSA) is 36.9 Å². The SMILES string of the molecule is CCCOOOCC(C)(C)COC. The third kappa shape index (κ3) is 8.18. The van der Waals surface area contributed by atoms with Crippen molar-refractivity contribution in [3.05, 3.63) is 0 Å². The Morgan fingerprint density at radius 3 is 2.31 bits per heavy atom. The molecule has 0 aromatic rings. The van der Waals surface area contributed by atoms with Crippen LogP contribution in [-0.2, 0) is 19.6 Å². The quantitative estimate of drug-likeness (QED) is 0.334. The summed E-state index contributed by atoms with van der Waals surface area (Å²) in [6.45, 7) is 7.68. The first kappa shape index (κ1) is 12.8. The van der Waals surface area contributed by atoms with Gasteiger partial charge in [0, 0.05) is 12.5 Å². The second kappa shape index (κ2) is 7.26. The van der Waals surface area contributed by atoms with Crippen LogP contribution >= 0.6 is 0 Å². The lowest BCUT2D eigenvalue weighted by Crippen LogP contribution is -2.25. The summed E-state index contributed by atoms with van der Waals surface area (Å²) in [6.07, 6.45) is 0.908. The molecule has 0 heterocycles. The summed E-state index contributed by atoms with van der Waals surface area (Å²) in [5, 5.41) is 4.50. The third-order valence-corrected chi connectivity index (χ3v) is 1.37. The van der Waals surface area contributed by atoms with Gasteiger partial charge in [0.2, 0.25) is 0 Å². The summed E-state index contributed by atoms with van der Waals surface area (Å²) < 4.78 is 5.01. The molecule has 80 valence electrons. The molecule has 4 nitrogen and oxygen atoms in total. The van der Waals surface area contributed by atoms with Gasteiger partial charge in [-0.15, -0.1) is 0 Å². The van der Waals surface area contributed by atoms with Crippen molar-refractivity contribution in [2.24, 2.45) is 5.41 Å². The summed E-state index contributed by atoms with van der Waals surface area (Å²) in [4.78, 5) is 9.54. The Balaban J connectivity index is 3.29. The van der Waals surface area contributed by atoms with Gasteiger partial charge in [-0.25, -0.2) is 9.78 Å². The zero-order valence-electron chi connectivity index (χ0n) is 8.96. The van der Waals surface area contributed by atoms with Gasteiger partial charge in [-0.05, 0) is 6.42 Å². The van der Waals surface area contributed by atoms with Crippen molar-refractivity contribution in [1.82, 2.24) is 0 Å². The lowest BCUT2D eigenvalue weighted by molar-refractivity contribution is -0.517. The van der Waals surface area contributed by atoms with Crippen LogP contribution in [-0.4, -0.2) is 26.9 Å². The zero-order chi connectivity index (χ0) is 10.2. The van der Waals surface area contributed by atoms with Crippen molar-refractivity contribution in [1.29, 1.82) is 0 Å². The molecule has 0 aromatic heterocycles. The first-order chi connectivity index (χ1) is 6.12. The van der Waals surface area contributed by atoms with Gasteiger partial charge in [0.05, 0.1) is 19.8 Å². The minimum atomic E-state index is -0.0513. The standard InChI is InChI=1S/C9H20O4/c1-5-6-11-13-12-8-9(2,3)7-10-4/h5-8H2,1-4H3. The number of hydrogen-bond acceptors (Lipinski definition) is 4. The van der Waals surface area contributed by atoms with E-state index in [0.29, 0.717) is 19.8 Å². The smallest absolute Gasteiger partial charge is 0.0926 e. The van der Waals surface area contributed by atoms with Crippen LogP contribution in [0.3, 0.4) is 0 Å². The molecule has 0 unspecified atom stereocenters. The molecule has 0 bridgehead atoms. The molecule has 0 N–H and O–H groups in total. The average Bonchev–Trinajstić information content (AvgIpc) is 2.04. The van der Waals surface area contributed by atoms with Gasteiger partial charge in [-0.1, -0.05) is 25.8 Å². The Kier molecular flexibility index (Phi) is 7.17. The van der Waals surface area contributed by atoms with Crippen molar-refractivity contribution in [2.75, 3.05) is 26.9 Å². The molecule has 0 saturated carbocycles. The Hall–Kier alpha value is -0.160. The Morgan fingerprint density at radius 1 is 1.08 bits per heavy atom. The molecule has 0 radical (unpaired) electrons. The van der Waals surface area contributed by atoms with Crippen LogP contribution in [0.25, 0.3) is 0 Å². The van der Waals surface area contributed by atoms with Crippen molar-refractivity contribution in [3.63, 3.8) is 0 Å². The van der Waals surface area contributed by atoms with Gasteiger partial charge in [0.25, 0.3) is 0 Å². The van der Waals surface area contributed by atoms with Gasteiger partial charge in [-0.3, -0.25) is 0 Å².